The van der Waals surface area contributed by atoms with Crippen molar-refractivity contribution in [1.29, 1.82) is 0 Å². The molecule has 2 aromatic heterocycles. The van der Waals surface area contributed by atoms with E-state index in [-0.39, 0.29) is 0 Å². The van der Waals surface area contributed by atoms with Gasteiger partial charge in [-0.25, -0.2) is 0 Å². The summed E-state index contributed by atoms with van der Waals surface area (Å²) in [6.07, 6.45) is 3.72. The summed E-state index contributed by atoms with van der Waals surface area (Å²) < 4.78 is 3.22. The van der Waals surface area contributed by atoms with E-state index in [0.29, 0.717) is 0 Å². The second-order valence-electron chi connectivity index (χ2n) is 5.35. The van der Waals surface area contributed by atoms with E-state index in [1.54, 1.807) is 18.0 Å². The van der Waals surface area contributed by atoms with Crippen LogP contribution in [0.1, 0.15) is 5.56 Å². The van der Waals surface area contributed by atoms with Gasteiger partial charge in [-0.1, -0.05) is 45.9 Å². The van der Waals surface area contributed by atoms with Crippen LogP contribution in [0.25, 0.3) is 11.4 Å². The van der Waals surface area contributed by atoms with Crippen LogP contribution in [0.3, 0.4) is 0 Å². The predicted molar refractivity (Wildman–Crippen MR) is 93.7 cm³/mol. The summed E-state index contributed by atoms with van der Waals surface area (Å²) in [5.74, 6) is 1.82. The first-order valence-corrected chi connectivity index (χ1v) is 9.01. The van der Waals surface area contributed by atoms with E-state index in [0.717, 1.165) is 40.1 Å². The molecule has 0 radical (unpaired) electrons. The van der Waals surface area contributed by atoms with Crippen LogP contribution in [0.2, 0.25) is 0 Å². The average Bonchev–Trinajstić information content (AvgIpc) is 2.99. The molecule has 0 unspecified atom stereocenters. The molecule has 0 spiro atoms. The molecule has 3 aromatic rings. The van der Waals surface area contributed by atoms with Gasteiger partial charge in [-0.15, -0.1) is 10.2 Å². The van der Waals surface area contributed by atoms with Crippen molar-refractivity contribution < 1.29 is 0 Å². The highest BCUT2D eigenvalue weighted by Gasteiger charge is 2.22. The molecule has 1 aliphatic heterocycles. The fraction of sp³-hybridized carbons (Fsp3) is 0.188. The molecule has 0 aliphatic carbocycles. The molecule has 23 heavy (non-hydrogen) atoms. The Hall–Kier alpha value is -1.70. The Morgan fingerprint density at radius 3 is 2.96 bits per heavy atom. The molecule has 1 aliphatic rings. The summed E-state index contributed by atoms with van der Waals surface area (Å²) in [6.45, 7) is 1.66. The van der Waals surface area contributed by atoms with E-state index < -0.39 is 0 Å². The Labute approximate surface area is 146 Å². The van der Waals surface area contributed by atoms with Gasteiger partial charge < -0.3 is 0 Å². The van der Waals surface area contributed by atoms with E-state index in [2.05, 4.69) is 58.8 Å². The van der Waals surface area contributed by atoms with Crippen LogP contribution in [0.15, 0.2) is 58.4 Å². The first-order chi connectivity index (χ1) is 11.3. The molecule has 3 heterocycles. The monoisotopic (exact) mass is 387 g/mol. The Balaban J connectivity index is 1.60. The van der Waals surface area contributed by atoms with Crippen LogP contribution < -0.4 is 0 Å². The number of hydrogen-bond acceptors (Lipinski definition) is 5. The third kappa shape index (κ3) is 3.17. The lowest BCUT2D eigenvalue weighted by molar-refractivity contribution is 0.231. The maximum absolute atomic E-state index is 4.38. The van der Waals surface area contributed by atoms with Gasteiger partial charge in [0, 0.05) is 29.0 Å². The van der Waals surface area contributed by atoms with E-state index in [1.807, 2.05) is 24.4 Å². The highest BCUT2D eigenvalue weighted by atomic mass is 79.9. The molecule has 0 bridgehead atoms. The fourth-order valence-corrected chi connectivity index (χ4v) is 3.87. The molecule has 0 atom stereocenters. The third-order valence-corrected chi connectivity index (χ3v) is 5.19. The predicted octanol–water partition coefficient (Wildman–Crippen LogP) is 3.63. The van der Waals surface area contributed by atoms with Gasteiger partial charge in [0.25, 0.3) is 0 Å². The summed E-state index contributed by atoms with van der Waals surface area (Å²) in [4.78, 5) is 6.55. The second kappa shape index (κ2) is 6.43. The molecule has 0 saturated heterocycles. The number of thioether (sulfide) groups is 1. The third-order valence-electron chi connectivity index (χ3n) is 3.65. The molecule has 7 heteroatoms. The number of hydrogen-bond donors (Lipinski definition) is 0. The molecular formula is C16H14BrN5S. The lowest BCUT2D eigenvalue weighted by Gasteiger charge is -2.27. The minimum absolute atomic E-state index is 0.784. The standard InChI is InChI=1S/C16H14BrN5S/c17-14-5-1-4-13(7-14)15-19-20-16-22(15)10-21(11-23-16)9-12-3-2-6-18-8-12/h1-8H,9-11H2. The Morgan fingerprint density at radius 2 is 2.13 bits per heavy atom. The Kier molecular flexibility index (Phi) is 4.15. The van der Waals surface area contributed by atoms with Gasteiger partial charge in [0.05, 0.1) is 12.5 Å². The zero-order valence-corrected chi connectivity index (χ0v) is 14.7. The molecule has 0 amide bonds. The largest absolute Gasteiger partial charge is 0.288 e. The quantitative estimate of drug-likeness (QED) is 0.686. The van der Waals surface area contributed by atoms with Crippen LogP contribution >= 0.6 is 27.7 Å². The lowest BCUT2D eigenvalue weighted by Crippen LogP contribution is -2.30. The summed E-state index contributed by atoms with van der Waals surface area (Å²) in [5, 5.41) is 9.68. The smallest absolute Gasteiger partial charge is 0.193 e. The van der Waals surface area contributed by atoms with Gasteiger partial charge >= 0.3 is 0 Å². The first kappa shape index (κ1) is 14.9. The van der Waals surface area contributed by atoms with Crippen molar-refractivity contribution in [1.82, 2.24) is 24.6 Å². The van der Waals surface area contributed by atoms with Crippen LogP contribution in [-0.2, 0) is 13.2 Å². The fourth-order valence-electron chi connectivity index (χ4n) is 2.60. The number of benzene rings is 1. The van der Waals surface area contributed by atoms with Gasteiger partial charge in [0.15, 0.2) is 11.0 Å². The number of aromatic nitrogens is 4. The lowest BCUT2D eigenvalue weighted by atomic mass is 10.2. The Bertz CT molecular complexity index is 820. The molecule has 5 nitrogen and oxygen atoms in total. The minimum atomic E-state index is 0.784. The minimum Gasteiger partial charge on any atom is -0.288 e. The summed E-state index contributed by atoms with van der Waals surface area (Å²) >= 11 is 5.24. The van der Waals surface area contributed by atoms with Gasteiger partial charge in [0.2, 0.25) is 0 Å². The zero-order chi connectivity index (χ0) is 15.6. The van der Waals surface area contributed by atoms with E-state index in [1.165, 1.54) is 5.56 Å². The van der Waals surface area contributed by atoms with Gasteiger partial charge in [-0.3, -0.25) is 14.5 Å². The van der Waals surface area contributed by atoms with E-state index >= 15 is 0 Å². The van der Waals surface area contributed by atoms with Crippen molar-refractivity contribution in [3.63, 3.8) is 0 Å². The average molecular weight is 388 g/mol. The van der Waals surface area contributed by atoms with Gasteiger partial charge in [-0.05, 0) is 23.8 Å². The number of nitrogens with zero attached hydrogens (tertiary/aromatic N) is 5. The van der Waals surface area contributed by atoms with Crippen molar-refractivity contribution in [2.45, 2.75) is 18.4 Å². The molecule has 0 saturated carbocycles. The molecule has 4 rings (SSSR count). The highest BCUT2D eigenvalue weighted by molar-refractivity contribution is 9.10. The summed E-state index contributed by atoms with van der Waals surface area (Å²) in [5.41, 5.74) is 2.29. The highest BCUT2D eigenvalue weighted by Crippen LogP contribution is 2.30. The number of halogens is 1. The Morgan fingerprint density at radius 1 is 1.17 bits per heavy atom. The number of rotatable bonds is 3. The van der Waals surface area contributed by atoms with Crippen molar-refractivity contribution >= 4 is 27.7 Å². The molecule has 0 fully saturated rings. The molecule has 0 N–H and O–H groups in total. The normalized spacial score (nSPS) is 14.7. The number of pyridine rings is 1. The van der Waals surface area contributed by atoms with Crippen molar-refractivity contribution in [2.24, 2.45) is 0 Å². The van der Waals surface area contributed by atoms with Crippen molar-refractivity contribution in [2.75, 3.05) is 5.88 Å². The van der Waals surface area contributed by atoms with E-state index in [4.69, 9.17) is 0 Å². The summed E-state index contributed by atoms with van der Waals surface area (Å²) in [6, 6.07) is 12.2. The van der Waals surface area contributed by atoms with Gasteiger partial charge in [-0.2, -0.15) is 0 Å². The van der Waals surface area contributed by atoms with Crippen LogP contribution in [-0.4, -0.2) is 30.5 Å². The van der Waals surface area contributed by atoms with E-state index in [9.17, 15) is 0 Å². The number of fused-ring (bicyclic) bond motifs is 1. The van der Waals surface area contributed by atoms with Crippen molar-refractivity contribution in [3.05, 3.63) is 58.8 Å². The molecular weight excluding hydrogens is 374 g/mol. The zero-order valence-electron chi connectivity index (χ0n) is 12.3. The molecule has 116 valence electrons. The molecule has 1 aromatic carbocycles. The van der Waals surface area contributed by atoms with Crippen LogP contribution in [0.5, 0.6) is 0 Å². The SMILES string of the molecule is Brc1cccc(-c2nnc3n2CN(Cc2cccnc2)CS3)c1. The second-order valence-corrected chi connectivity index (χ2v) is 7.18. The maximum Gasteiger partial charge on any atom is 0.193 e. The maximum atomic E-state index is 4.38. The van der Waals surface area contributed by atoms with Gasteiger partial charge in [0.1, 0.15) is 0 Å². The van der Waals surface area contributed by atoms with Crippen molar-refractivity contribution in [3.8, 4) is 11.4 Å². The van der Waals surface area contributed by atoms with Crippen LogP contribution in [0, 0.1) is 0 Å². The van der Waals surface area contributed by atoms with Crippen LogP contribution in [0.4, 0.5) is 0 Å². The topological polar surface area (TPSA) is 46.8 Å². The summed E-state index contributed by atoms with van der Waals surface area (Å²) in [7, 11) is 0. The first-order valence-electron chi connectivity index (χ1n) is 7.23.